The highest BCUT2D eigenvalue weighted by Gasteiger charge is 2.08. The molecule has 0 heterocycles. The Morgan fingerprint density at radius 3 is 2.53 bits per heavy atom. The molecule has 2 aromatic rings. The van der Waals surface area contributed by atoms with Gasteiger partial charge in [-0.3, -0.25) is 9.59 Å². The smallest absolute Gasteiger partial charge is 0.262 e. The van der Waals surface area contributed by atoms with Gasteiger partial charge in [-0.05, 0) is 68.9 Å². The van der Waals surface area contributed by atoms with Gasteiger partial charge in [-0.2, -0.15) is 0 Å². The lowest BCUT2D eigenvalue weighted by molar-refractivity contribution is -0.122. The number of nitrogens with zero attached hydrogens (tertiary/aromatic N) is 1. The average Bonchev–Trinajstić information content (AvgIpc) is 2.68. The topological polar surface area (TPSA) is 70.7 Å². The Labute approximate surface area is 178 Å². The summed E-state index contributed by atoms with van der Waals surface area (Å²) in [5.41, 5.74) is 4.51. The fourth-order valence-electron chi connectivity index (χ4n) is 2.85. The van der Waals surface area contributed by atoms with E-state index in [1.54, 1.807) is 6.07 Å². The Bertz CT molecular complexity index is 906. The van der Waals surface area contributed by atoms with E-state index in [2.05, 4.69) is 17.2 Å². The Morgan fingerprint density at radius 1 is 1.07 bits per heavy atom. The fraction of sp³-hybridized carbons (Fsp3) is 0.333. The fourth-order valence-corrected chi connectivity index (χ4v) is 2.85. The van der Waals surface area contributed by atoms with Crippen molar-refractivity contribution in [2.24, 2.45) is 0 Å². The summed E-state index contributed by atoms with van der Waals surface area (Å²) in [5, 5.41) is 5.56. The van der Waals surface area contributed by atoms with Crippen molar-refractivity contribution in [3.63, 3.8) is 0 Å². The summed E-state index contributed by atoms with van der Waals surface area (Å²) in [6, 6.07) is 13.2. The molecule has 160 valence electrons. The molecule has 0 saturated carbocycles. The van der Waals surface area contributed by atoms with Crippen LogP contribution in [0.15, 0.2) is 54.7 Å². The number of hydrogen-bond acceptors (Lipinski definition) is 4. The molecule has 0 aliphatic rings. The summed E-state index contributed by atoms with van der Waals surface area (Å²) in [6.07, 6.45) is 0.443. The Balaban J connectivity index is 1.71. The summed E-state index contributed by atoms with van der Waals surface area (Å²) in [7, 11) is 3.97. The van der Waals surface area contributed by atoms with Crippen molar-refractivity contribution in [2.45, 2.75) is 26.8 Å². The normalized spacial score (nSPS) is 10.6. The first-order chi connectivity index (χ1) is 14.2. The highest BCUT2D eigenvalue weighted by molar-refractivity contribution is 5.94. The van der Waals surface area contributed by atoms with Crippen molar-refractivity contribution in [3.8, 4) is 5.75 Å². The molecule has 0 radical (unpaired) electrons. The monoisotopic (exact) mass is 409 g/mol. The van der Waals surface area contributed by atoms with Crippen molar-refractivity contribution in [1.82, 2.24) is 15.5 Å². The van der Waals surface area contributed by atoms with Gasteiger partial charge in [0, 0.05) is 30.8 Å². The zero-order valence-electron chi connectivity index (χ0n) is 18.2. The number of carbonyl (C=O) groups excluding carboxylic acids is 2. The van der Waals surface area contributed by atoms with E-state index in [9.17, 15) is 9.59 Å². The quantitative estimate of drug-likeness (QED) is 0.632. The summed E-state index contributed by atoms with van der Waals surface area (Å²) < 4.78 is 5.52. The average molecular weight is 410 g/mol. The number of nitrogens with one attached hydrogen (secondary N) is 2. The lowest BCUT2D eigenvalue weighted by Crippen LogP contribution is -2.31. The predicted molar refractivity (Wildman–Crippen MR) is 119 cm³/mol. The second kappa shape index (κ2) is 11.2. The van der Waals surface area contributed by atoms with Crippen molar-refractivity contribution >= 4 is 11.8 Å². The number of carbonyl (C=O) groups is 2. The van der Waals surface area contributed by atoms with Crippen molar-refractivity contribution in [3.05, 3.63) is 77.0 Å². The van der Waals surface area contributed by atoms with Crippen LogP contribution in [0, 0.1) is 13.8 Å². The zero-order valence-corrected chi connectivity index (χ0v) is 18.2. The molecule has 0 atom stereocenters. The minimum atomic E-state index is -0.277. The molecular formula is C24H31N3O3. The first kappa shape index (κ1) is 23.2. The minimum Gasteiger partial charge on any atom is -0.484 e. The predicted octanol–water partition coefficient (Wildman–Crippen LogP) is 3.19. The third-order valence-corrected chi connectivity index (χ3v) is 4.56. The number of hydrogen-bond donors (Lipinski definition) is 2. The highest BCUT2D eigenvalue weighted by atomic mass is 16.5. The van der Waals surface area contributed by atoms with Crippen LogP contribution in [-0.2, 0) is 11.3 Å². The third kappa shape index (κ3) is 7.72. The van der Waals surface area contributed by atoms with Crippen molar-refractivity contribution in [1.29, 1.82) is 0 Å². The van der Waals surface area contributed by atoms with E-state index in [0.717, 1.165) is 17.7 Å². The van der Waals surface area contributed by atoms with Crippen LogP contribution in [-0.4, -0.2) is 44.0 Å². The Hall–Kier alpha value is -3.12. The molecule has 0 aliphatic carbocycles. The van der Waals surface area contributed by atoms with Gasteiger partial charge in [0.15, 0.2) is 6.61 Å². The standard InChI is InChI=1S/C24H31N3O3/c1-17-9-10-22(13-18(17)2)30-16-23(28)26-19(3)11-12-25-24(29)21-8-6-7-20(14-21)15-27(4)5/h6-10,13-14H,3,11-12,15-16H2,1-2,4-5H3,(H,25,29)(H,26,28). The zero-order chi connectivity index (χ0) is 22.1. The van der Waals surface area contributed by atoms with Gasteiger partial charge in [0.05, 0.1) is 0 Å². The highest BCUT2D eigenvalue weighted by Crippen LogP contribution is 2.16. The molecule has 2 N–H and O–H groups in total. The van der Waals surface area contributed by atoms with E-state index in [1.165, 1.54) is 5.56 Å². The number of rotatable bonds is 10. The van der Waals surface area contributed by atoms with Crippen LogP contribution in [0.1, 0.15) is 33.5 Å². The summed E-state index contributed by atoms with van der Waals surface area (Å²) >= 11 is 0. The maximum absolute atomic E-state index is 12.3. The molecule has 2 aromatic carbocycles. The molecule has 0 unspecified atom stereocenters. The van der Waals surface area contributed by atoms with E-state index in [-0.39, 0.29) is 18.4 Å². The van der Waals surface area contributed by atoms with Crippen LogP contribution in [0.3, 0.4) is 0 Å². The van der Waals surface area contributed by atoms with Crippen LogP contribution in [0.2, 0.25) is 0 Å². The summed E-state index contributed by atoms with van der Waals surface area (Å²) in [6.45, 7) is 8.93. The molecule has 0 aromatic heterocycles. The van der Waals surface area contributed by atoms with Crippen LogP contribution >= 0.6 is 0 Å². The second-order valence-corrected chi connectivity index (χ2v) is 7.63. The van der Waals surface area contributed by atoms with Crippen LogP contribution in [0.5, 0.6) is 5.75 Å². The van der Waals surface area contributed by atoms with Gasteiger partial charge in [0.25, 0.3) is 11.8 Å². The number of ether oxygens (including phenoxy) is 1. The van der Waals surface area contributed by atoms with Gasteiger partial charge in [-0.15, -0.1) is 0 Å². The molecular weight excluding hydrogens is 378 g/mol. The first-order valence-electron chi connectivity index (χ1n) is 9.94. The number of aryl methyl sites for hydroxylation is 2. The SMILES string of the molecule is C=C(CCNC(=O)c1cccc(CN(C)C)c1)NC(=O)COc1ccc(C)c(C)c1. The molecule has 6 heteroatoms. The molecule has 2 amide bonds. The molecule has 30 heavy (non-hydrogen) atoms. The van der Waals surface area contributed by atoms with E-state index in [1.807, 2.05) is 69.2 Å². The molecule has 0 spiro atoms. The van der Waals surface area contributed by atoms with Crippen LogP contribution in [0.25, 0.3) is 0 Å². The summed E-state index contributed by atoms with van der Waals surface area (Å²) in [5.74, 6) is 0.233. The van der Waals surface area contributed by atoms with Gasteiger partial charge < -0.3 is 20.3 Å². The molecule has 6 nitrogen and oxygen atoms in total. The lowest BCUT2D eigenvalue weighted by Gasteiger charge is -2.12. The minimum absolute atomic E-state index is 0.0907. The Kier molecular flexibility index (Phi) is 8.62. The third-order valence-electron chi connectivity index (χ3n) is 4.56. The maximum atomic E-state index is 12.3. The lowest BCUT2D eigenvalue weighted by atomic mass is 10.1. The molecule has 0 bridgehead atoms. The van der Waals surface area contributed by atoms with Crippen LogP contribution in [0.4, 0.5) is 0 Å². The van der Waals surface area contributed by atoms with E-state index < -0.39 is 0 Å². The van der Waals surface area contributed by atoms with Gasteiger partial charge in [-0.1, -0.05) is 24.8 Å². The second-order valence-electron chi connectivity index (χ2n) is 7.63. The van der Waals surface area contributed by atoms with E-state index in [4.69, 9.17) is 4.74 Å². The summed E-state index contributed by atoms with van der Waals surface area (Å²) in [4.78, 5) is 26.4. The van der Waals surface area contributed by atoms with E-state index in [0.29, 0.717) is 30.0 Å². The van der Waals surface area contributed by atoms with Crippen LogP contribution < -0.4 is 15.4 Å². The maximum Gasteiger partial charge on any atom is 0.262 e. The molecule has 0 aliphatic heterocycles. The largest absolute Gasteiger partial charge is 0.484 e. The van der Waals surface area contributed by atoms with Crippen molar-refractivity contribution in [2.75, 3.05) is 27.2 Å². The van der Waals surface area contributed by atoms with Gasteiger partial charge in [-0.25, -0.2) is 0 Å². The molecule has 0 saturated heterocycles. The molecule has 2 rings (SSSR count). The Morgan fingerprint density at radius 2 is 1.83 bits per heavy atom. The van der Waals surface area contributed by atoms with Crippen molar-refractivity contribution < 1.29 is 14.3 Å². The number of amides is 2. The number of benzene rings is 2. The molecule has 0 fully saturated rings. The van der Waals surface area contributed by atoms with Gasteiger partial charge >= 0.3 is 0 Å². The first-order valence-corrected chi connectivity index (χ1v) is 9.94. The van der Waals surface area contributed by atoms with Gasteiger partial charge in [0.2, 0.25) is 0 Å². The van der Waals surface area contributed by atoms with Gasteiger partial charge in [0.1, 0.15) is 5.75 Å². The van der Waals surface area contributed by atoms with E-state index >= 15 is 0 Å².